The van der Waals surface area contributed by atoms with Gasteiger partial charge in [-0.1, -0.05) is 12.1 Å². The van der Waals surface area contributed by atoms with Crippen molar-refractivity contribution in [2.24, 2.45) is 0 Å². The van der Waals surface area contributed by atoms with Gasteiger partial charge in [0.2, 0.25) is 0 Å². The van der Waals surface area contributed by atoms with Crippen LogP contribution in [0.25, 0.3) is 22.0 Å². The summed E-state index contributed by atoms with van der Waals surface area (Å²) in [6, 6.07) is 12.2. The standard InChI is InChI=1S/C29H23F5N4O/c30-24-9-1-16(17-2-10-26-23(12-17)27(36-15-35-26)37-20-4-5-20)11-18(24)14-38(21-6-7-21)28(39)22-8-3-19(13-25(22)31)29(32,33)34/h1-3,8-13,15,20-21H,4-7,14H2,(H,35,36,37). The van der Waals surface area contributed by atoms with E-state index in [9.17, 15) is 26.7 Å². The maximum atomic E-state index is 15.0. The SMILES string of the molecule is O=C(c1ccc(C(F)(F)F)cc1F)N(Cc1cc(-c2ccc3ncnc(NC4CC4)c3c2)ccc1F)C1CC1. The van der Waals surface area contributed by atoms with Gasteiger partial charge in [-0.3, -0.25) is 4.79 Å². The molecule has 3 aromatic carbocycles. The largest absolute Gasteiger partial charge is 0.416 e. The van der Waals surface area contributed by atoms with E-state index in [4.69, 9.17) is 0 Å². The Morgan fingerprint density at radius 1 is 0.897 bits per heavy atom. The third-order valence-corrected chi connectivity index (χ3v) is 7.05. The summed E-state index contributed by atoms with van der Waals surface area (Å²) in [5, 5.41) is 4.23. The second kappa shape index (κ2) is 9.59. The van der Waals surface area contributed by atoms with Crippen LogP contribution in [-0.2, 0) is 12.7 Å². The number of anilines is 1. The van der Waals surface area contributed by atoms with E-state index in [1.54, 1.807) is 12.1 Å². The van der Waals surface area contributed by atoms with E-state index in [-0.39, 0.29) is 18.2 Å². The lowest BCUT2D eigenvalue weighted by atomic mass is 10.0. The number of aromatic nitrogens is 2. The van der Waals surface area contributed by atoms with Gasteiger partial charge >= 0.3 is 6.18 Å². The van der Waals surface area contributed by atoms with Crippen molar-refractivity contribution in [1.82, 2.24) is 14.9 Å². The molecule has 0 atom stereocenters. The van der Waals surface area contributed by atoms with E-state index in [1.165, 1.54) is 17.3 Å². The Morgan fingerprint density at radius 3 is 2.33 bits per heavy atom. The summed E-state index contributed by atoms with van der Waals surface area (Å²) in [7, 11) is 0. The number of nitrogens with one attached hydrogen (secondary N) is 1. The molecular formula is C29H23F5N4O. The molecule has 5 nitrogen and oxygen atoms in total. The average Bonchev–Trinajstić information content (AvgIpc) is 3.83. The lowest BCUT2D eigenvalue weighted by Crippen LogP contribution is -2.33. The molecular weight excluding hydrogens is 515 g/mol. The predicted octanol–water partition coefficient (Wildman–Crippen LogP) is 6.97. The maximum absolute atomic E-state index is 15.0. The van der Waals surface area contributed by atoms with Gasteiger partial charge in [0.25, 0.3) is 5.91 Å². The summed E-state index contributed by atoms with van der Waals surface area (Å²) in [5.41, 5.74) is 0.847. The molecule has 1 aromatic heterocycles. The van der Waals surface area contributed by atoms with Crippen LogP contribution < -0.4 is 5.32 Å². The molecule has 4 aromatic rings. The molecule has 0 saturated heterocycles. The maximum Gasteiger partial charge on any atom is 0.416 e. The number of carbonyl (C=O) groups excluding carboxylic acids is 1. The van der Waals surface area contributed by atoms with Gasteiger partial charge in [-0.15, -0.1) is 0 Å². The zero-order valence-electron chi connectivity index (χ0n) is 20.6. The van der Waals surface area contributed by atoms with E-state index in [2.05, 4.69) is 15.3 Å². The fraction of sp³-hybridized carbons (Fsp3) is 0.276. The third-order valence-electron chi connectivity index (χ3n) is 7.05. The van der Waals surface area contributed by atoms with Gasteiger partial charge in [0.15, 0.2) is 0 Å². The van der Waals surface area contributed by atoms with Crippen molar-refractivity contribution in [1.29, 1.82) is 0 Å². The summed E-state index contributed by atoms with van der Waals surface area (Å²) in [5.74, 6) is -1.84. The lowest BCUT2D eigenvalue weighted by Gasteiger charge is -2.24. The van der Waals surface area contributed by atoms with Crippen LogP contribution in [0.5, 0.6) is 0 Å². The van der Waals surface area contributed by atoms with Crippen molar-refractivity contribution >= 4 is 22.6 Å². The lowest BCUT2D eigenvalue weighted by molar-refractivity contribution is -0.137. The summed E-state index contributed by atoms with van der Waals surface area (Å²) in [4.78, 5) is 23.3. The van der Waals surface area contributed by atoms with E-state index < -0.39 is 34.8 Å². The highest BCUT2D eigenvalue weighted by Gasteiger charge is 2.36. The van der Waals surface area contributed by atoms with Crippen LogP contribution in [0, 0.1) is 11.6 Å². The zero-order valence-corrected chi connectivity index (χ0v) is 20.6. The second-order valence-electron chi connectivity index (χ2n) is 10.0. The van der Waals surface area contributed by atoms with E-state index >= 15 is 0 Å². The number of halogens is 5. The number of nitrogens with zero attached hydrogens (tertiary/aromatic N) is 3. The van der Waals surface area contributed by atoms with Gasteiger partial charge in [-0.25, -0.2) is 18.7 Å². The molecule has 6 rings (SSSR count). The Kier molecular flexibility index (Phi) is 6.20. The Bertz CT molecular complexity index is 1580. The number of benzene rings is 3. The zero-order chi connectivity index (χ0) is 27.3. The van der Waals surface area contributed by atoms with Gasteiger partial charge < -0.3 is 10.2 Å². The molecule has 1 N–H and O–H groups in total. The second-order valence-corrected chi connectivity index (χ2v) is 10.0. The number of alkyl halides is 3. The first-order valence-corrected chi connectivity index (χ1v) is 12.7. The van der Waals surface area contributed by atoms with Crippen LogP contribution in [0.15, 0.2) is 60.9 Å². The molecule has 0 unspecified atom stereocenters. The average molecular weight is 539 g/mol. The molecule has 0 radical (unpaired) electrons. The Hall–Kier alpha value is -4.08. The quantitative estimate of drug-likeness (QED) is 0.258. The van der Waals surface area contributed by atoms with Crippen molar-refractivity contribution in [3.63, 3.8) is 0 Å². The molecule has 0 bridgehead atoms. The molecule has 0 aliphatic heterocycles. The van der Waals surface area contributed by atoms with Crippen LogP contribution in [0.2, 0.25) is 0 Å². The fourth-order valence-electron chi connectivity index (χ4n) is 4.60. The van der Waals surface area contributed by atoms with Crippen molar-refractivity contribution < 1.29 is 26.7 Å². The molecule has 2 saturated carbocycles. The van der Waals surface area contributed by atoms with Crippen LogP contribution >= 0.6 is 0 Å². The van der Waals surface area contributed by atoms with Gasteiger partial charge in [-0.2, -0.15) is 13.2 Å². The summed E-state index contributed by atoms with van der Waals surface area (Å²) < 4.78 is 68.4. The highest BCUT2D eigenvalue weighted by molar-refractivity contribution is 5.95. The number of amides is 1. The first-order chi connectivity index (χ1) is 18.7. The number of hydrogen-bond donors (Lipinski definition) is 1. The van der Waals surface area contributed by atoms with Crippen molar-refractivity contribution in [3.05, 3.63) is 89.2 Å². The highest BCUT2D eigenvalue weighted by Crippen LogP contribution is 2.35. The molecule has 1 amide bonds. The van der Waals surface area contributed by atoms with Gasteiger partial charge in [0, 0.05) is 29.6 Å². The van der Waals surface area contributed by atoms with Gasteiger partial charge in [0.1, 0.15) is 23.8 Å². The minimum absolute atomic E-state index is 0.144. The van der Waals surface area contributed by atoms with Crippen molar-refractivity contribution in [2.45, 2.75) is 50.5 Å². The molecule has 200 valence electrons. The monoisotopic (exact) mass is 538 g/mol. The summed E-state index contributed by atoms with van der Waals surface area (Å²) in [6.45, 7) is -0.144. The normalized spacial score (nSPS) is 15.4. The Balaban J connectivity index is 1.30. The van der Waals surface area contributed by atoms with Gasteiger partial charge in [0.05, 0.1) is 16.6 Å². The van der Waals surface area contributed by atoms with Crippen LogP contribution in [-0.4, -0.2) is 32.9 Å². The van der Waals surface area contributed by atoms with E-state index in [1.807, 2.05) is 18.2 Å². The summed E-state index contributed by atoms with van der Waals surface area (Å²) >= 11 is 0. The van der Waals surface area contributed by atoms with E-state index in [0.29, 0.717) is 36.6 Å². The Labute approximate surface area is 220 Å². The van der Waals surface area contributed by atoms with Crippen molar-refractivity contribution in [2.75, 3.05) is 5.32 Å². The number of fused-ring (bicyclic) bond motifs is 1. The molecule has 39 heavy (non-hydrogen) atoms. The first-order valence-electron chi connectivity index (χ1n) is 12.7. The Morgan fingerprint density at radius 2 is 1.64 bits per heavy atom. The predicted molar refractivity (Wildman–Crippen MR) is 136 cm³/mol. The van der Waals surface area contributed by atoms with Crippen LogP contribution in [0.1, 0.15) is 47.2 Å². The minimum Gasteiger partial charge on any atom is -0.367 e. The molecule has 10 heteroatoms. The molecule has 2 aliphatic carbocycles. The topological polar surface area (TPSA) is 58.1 Å². The van der Waals surface area contributed by atoms with Crippen molar-refractivity contribution in [3.8, 4) is 11.1 Å². The highest BCUT2D eigenvalue weighted by atomic mass is 19.4. The molecule has 2 fully saturated rings. The number of rotatable bonds is 7. The minimum atomic E-state index is -4.73. The fourth-order valence-corrected chi connectivity index (χ4v) is 4.60. The third kappa shape index (κ3) is 5.28. The molecule has 2 aliphatic rings. The molecule has 1 heterocycles. The number of carbonyl (C=O) groups is 1. The van der Waals surface area contributed by atoms with Crippen LogP contribution in [0.3, 0.4) is 0 Å². The van der Waals surface area contributed by atoms with Crippen LogP contribution in [0.4, 0.5) is 27.8 Å². The number of hydrogen-bond acceptors (Lipinski definition) is 4. The van der Waals surface area contributed by atoms with E-state index in [0.717, 1.165) is 41.2 Å². The van der Waals surface area contributed by atoms with Gasteiger partial charge in [-0.05, 0) is 79.3 Å². The molecule has 0 spiro atoms. The smallest absolute Gasteiger partial charge is 0.367 e. The first kappa shape index (κ1) is 25.2. The summed E-state index contributed by atoms with van der Waals surface area (Å²) in [6.07, 6.45) is 0.239.